The van der Waals surface area contributed by atoms with Gasteiger partial charge in [0.05, 0.1) is 19.9 Å². The van der Waals surface area contributed by atoms with Gasteiger partial charge in [0.15, 0.2) is 6.10 Å². The van der Waals surface area contributed by atoms with Gasteiger partial charge in [0.1, 0.15) is 17.2 Å². The van der Waals surface area contributed by atoms with Crippen molar-refractivity contribution < 1.29 is 14.3 Å². The normalized spacial score (nSPS) is 20.1. The Kier molecular flexibility index (Phi) is 5.44. The molecular formula is C23H28N6O3. The molecule has 1 unspecified atom stereocenters. The average molecular weight is 437 g/mol. The van der Waals surface area contributed by atoms with E-state index in [0.29, 0.717) is 18.0 Å². The van der Waals surface area contributed by atoms with E-state index in [9.17, 15) is 4.79 Å². The molecule has 3 aromatic rings. The second-order valence-electron chi connectivity index (χ2n) is 8.52. The van der Waals surface area contributed by atoms with Gasteiger partial charge in [-0.2, -0.15) is 5.10 Å². The van der Waals surface area contributed by atoms with Crippen LogP contribution in [0.15, 0.2) is 49.1 Å². The first-order chi connectivity index (χ1) is 15.5. The number of fused-ring (bicyclic) bond motifs is 2. The lowest BCUT2D eigenvalue weighted by Crippen LogP contribution is -2.53. The first-order valence-electron chi connectivity index (χ1n) is 10.9. The maximum Gasteiger partial charge on any atom is 0.255 e. The van der Waals surface area contributed by atoms with Crippen molar-refractivity contribution in [3.8, 4) is 5.75 Å². The van der Waals surface area contributed by atoms with E-state index in [1.807, 2.05) is 48.5 Å². The summed E-state index contributed by atoms with van der Waals surface area (Å²) in [6.45, 7) is 3.04. The highest BCUT2D eigenvalue weighted by Gasteiger charge is 2.47. The minimum absolute atomic E-state index is 0.158. The number of hydrogen-bond acceptors (Lipinski definition) is 6. The molecule has 32 heavy (non-hydrogen) atoms. The van der Waals surface area contributed by atoms with Crippen LogP contribution in [0.2, 0.25) is 0 Å². The Morgan fingerprint density at radius 2 is 2.19 bits per heavy atom. The maximum atomic E-state index is 13.1. The zero-order valence-electron chi connectivity index (χ0n) is 18.4. The first kappa shape index (κ1) is 20.7. The van der Waals surface area contributed by atoms with Gasteiger partial charge in [-0.25, -0.2) is 4.98 Å². The molecule has 2 aliphatic heterocycles. The number of aryl methyl sites for hydroxylation is 1. The Morgan fingerprint density at radius 1 is 1.34 bits per heavy atom. The molecule has 1 atom stereocenters. The SMILES string of the molecule is COc1cccc(NC(=O)C2Cn3ccnc3C3(CCN(Cc4cnn(C)c4)CC3)O2)c1. The van der Waals surface area contributed by atoms with Crippen LogP contribution < -0.4 is 10.1 Å². The van der Waals surface area contributed by atoms with Crippen molar-refractivity contribution in [3.05, 3.63) is 60.4 Å². The Morgan fingerprint density at radius 3 is 2.94 bits per heavy atom. The van der Waals surface area contributed by atoms with Crippen LogP contribution in [0.3, 0.4) is 0 Å². The topological polar surface area (TPSA) is 86.4 Å². The fraction of sp³-hybridized carbons (Fsp3) is 0.435. The van der Waals surface area contributed by atoms with Crippen LogP contribution in [0.1, 0.15) is 24.2 Å². The second kappa shape index (κ2) is 8.40. The molecule has 1 N–H and O–H groups in total. The van der Waals surface area contributed by atoms with Crippen LogP contribution in [0.5, 0.6) is 5.75 Å². The molecule has 4 heterocycles. The average Bonchev–Trinajstić information content (AvgIpc) is 3.45. The lowest BCUT2D eigenvalue weighted by Gasteiger charge is -2.45. The molecule has 2 aromatic heterocycles. The number of nitrogens with zero attached hydrogens (tertiary/aromatic N) is 5. The third kappa shape index (κ3) is 4.01. The number of amides is 1. The third-order valence-electron chi connectivity index (χ3n) is 6.31. The van der Waals surface area contributed by atoms with Crippen LogP contribution in [0.25, 0.3) is 0 Å². The number of benzene rings is 1. The fourth-order valence-electron chi connectivity index (χ4n) is 4.68. The van der Waals surface area contributed by atoms with Crippen molar-refractivity contribution in [2.45, 2.75) is 37.6 Å². The van der Waals surface area contributed by atoms with E-state index in [1.165, 1.54) is 5.56 Å². The van der Waals surface area contributed by atoms with Crippen LogP contribution in [0, 0.1) is 0 Å². The summed E-state index contributed by atoms with van der Waals surface area (Å²) in [6.07, 6.45) is 8.67. The summed E-state index contributed by atoms with van der Waals surface area (Å²) in [7, 11) is 3.54. The Bertz CT molecular complexity index is 1100. The zero-order valence-corrected chi connectivity index (χ0v) is 18.4. The molecule has 0 saturated carbocycles. The molecule has 1 spiro atoms. The zero-order chi connectivity index (χ0) is 22.1. The lowest BCUT2D eigenvalue weighted by molar-refractivity contribution is -0.170. The number of methoxy groups -OCH3 is 1. The fourth-order valence-corrected chi connectivity index (χ4v) is 4.68. The summed E-state index contributed by atoms with van der Waals surface area (Å²) in [6, 6.07) is 7.34. The van der Waals surface area contributed by atoms with Gasteiger partial charge in [-0.05, 0) is 25.0 Å². The number of rotatable bonds is 5. The second-order valence-corrected chi connectivity index (χ2v) is 8.52. The van der Waals surface area contributed by atoms with Gasteiger partial charge >= 0.3 is 0 Å². The van der Waals surface area contributed by atoms with Gasteiger partial charge in [0.25, 0.3) is 5.91 Å². The molecule has 9 nitrogen and oxygen atoms in total. The van der Waals surface area contributed by atoms with Crippen LogP contribution in [-0.4, -0.2) is 56.4 Å². The Hall–Kier alpha value is -3.17. The molecule has 5 rings (SSSR count). The molecule has 0 aliphatic carbocycles. The first-order valence-corrected chi connectivity index (χ1v) is 10.9. The number of carbonyl (C=O) groups is 1. The minimum Gasteiger partial charge on any atom is -0.497 e. The standard InChI is InChI=1S/C23H28N6O3/c1-27-14-17(13-25-27)15-28-9-6-23(7-10-28)22-24-8-11-29(22)16-20(32-23)21(30)26-18-4-3-5-19(12-18)31-2/h3-5,8,11-14,20H,6-7,9-10,15-16H2,1-2H3,(H,26,30). The molecule has 2 aliphatic rings. The molecule has 1 aromatic carbocycles. The number of nitrogens with one attached hydrogen (secondary N) is 1. The molecule has 1 saturated heterocycles. The largest absolute Gasteiger partial charge is 0.497 e. The highest BCUT2D eigenvalue weighted by molar-refractivity contribution is 5.94. The summed E-state index contributed by atoms with van der Waals surface area (Å²) < 4.78 is 15.7. The maximum absolute atomic E-state index is 13.1. The summed E-state index contributed by atoms with van der Waals surface area (Å²) in [4.78, 5) is 20.1. The van der Waals surface area contributed by atoms with E-state index >= 15 is 0 Å². The van der Waals surface area contributed by atoms with E-state index in [1.54, 1.807) is 19.4 Å². The number of piperidine rings is 1. The smallest absolute Gasteiger partial charge is 0.255 e. The molecule has 0 radical (unpaired) electrons. The quantitative estimate of drug-likeness (QED) is 0.660. The van der Waals surface area contributed by atoms with E-state index in [2.05, 4.69) is 24.9 Å². The van der Waals surface area contributed by atoms with Crippen LogP contribution >= 0.6 is 0 Å². The predicted molar refractivity (Wildman–Crippen MR) is 118 cm³/mol. The molecule has 0 bridgehead atoms. The Balaban J connectivity index is 1.29. The number of likely N-dealkylation sites (tertiary alicyclic amines) is 1. The van der Waals surface area contributed by atoms with Gasteiger partial charge in [0, 0.05) is 62.6 Å². The summed E-state index contributed by atoms with van der Waals surface area (Å²) in [5, 5.41) is 7.24. The number of hydrogen-bond donors (Lipinski definition) is 1. The van der Waals surface area contributed by atoms with E-state index in [0.717, 1.165) is 38.3 Å². The van der Waals surface area contributed by atoms with Gasteiger partial charge in [-0.15, -0.1) is 0 Å². The third-order valence-corrected chi connectivity index (χ3v) is 6.31. The van der Waals surface area contributed by atoms with Crippen molar-refractivity contribution in [3.63, 3.8) is 0 Å². The molecular weight excluding hydrogens is 408 g/mol. The van der Waals surface area contributed by atoms with Crippen molar-refractivity contribution in [2.24, 2.45) is 7.05 Å². The monoisotopic (exact) mass is 436 g/mol. The van der Waals surface area contributed by atoms with E-state index in [-0.39, 0.29) is 5.91 Å². The van der Waals surface area contributed by atoms with Gasteiger partial charge < -0.3 is 19.4 Å². The van der Waals surface area contributed by atoms with Crippen molar-refractivity contribution in [1.29, 1.82) is 0 Å². The highest BCUT2D eigenvalue weighted by atomic mass is 16.5. The van der Waals surface area contributed by atoms with E-state index < -0.39 is 11.7 Å². The number of carbonyl (C=O) groups excluding carboxylic acids is 1. The van der Waals surface area contributed by atoms with Crippen LogP contribution in [-0.2, 0) is 35.3 Å². The summed E-state index contributed by atoms with van der Waals surface area (Å²) in [5.74, 6) is 1.46. The Labute approximate surface area is 186 Å². The van der Waals surface area contributed by atoms with Crippen molar-refractivity contribution in [1.82, 2.24) is 24.2 Å². The lowest BCUT2D eigenvalue weighted by atomic mass is 9.88. The van der Waals surface area contributed by atoms with Crippen molar-refractivity contribution >= 4 is 11.6 Å². The van der Waals surface area contributed by atoms with Gasteiger partial charge in [-0.3, -0.25) is 14.4 Å². The summed E-state index contributed by atoms with van der Waals surface area (Å²) in [5.41, 5.74) is 1.34. The number of ether oxygens (including phenoxy) is 2. The number of aromatic nitrogens is 4. The number of anilines is 1. The van der Waals surface area contributed by atoms with Crippen LogP contribution in [0.4, 0.5) is 5.69 Å². The van der Waals surface area contributed by atoms with Gasteiger partial charge in [0.2, 0.25) is 0 Å². The molecule has 1 amide bonds. The van der Waals surface area contributed by atoms with Gasteiger partial charge in [-0.1, -0.05) is 6.07 Å². The molecule has 9 heteroatoms. The molecule has 1 fully saturated rings. The molecule has 168 valence electrons. The van der Waals surface area contributed by atoms with Crippen molar-refractivity contribution in [2.75, 3.05) is 25.5 Å². The minimum atomic E-state index is -0.590. The highest BCUT2D eigenvalue weighted by Crippen LogP contribution is 2.40. The predicted octanol–water partition coefficient (Wildman–Crippen LogP) is 2.15. The summed E-state index contributed by atoms with van der Waals surface area (Å²) >= 11 is 0. The van der Waals surface area contributed by atoms with E-state index in [4.69, 9.17) is 9.47 Å². The number of imidazole rings is 1.